The summed E-state index contributed by atoms with van der Waals surface area (Å²) in [5, 5.41) is 8.00. The SMILES string of the molecule is CC(C)c1nnc(Cc2ccc(N)cc2)o1. The third kappa shape index (κ3) is 2.39. The van der Waals surface area contributed by atoms with Crippen LogP contribution in [0, 0.1) is 0 Å². The maximum Gasteiger partial charge on any atom is 0.220 e. The smallest absolute Gasteiger partial charge is 0.220 e. The van der Waals surface area contributed by atoms with Gasteiger partial charge in [0.1, 0.15) is 0 Å². The molecule has 0 saturated carbocycles. The normalized spacial score (nSPS) is 10.9. The third-order valence-electron chi connectivity index (χ3n) is 2.31. The number of nitrogens with zero attached hydrogens (tertiary/aromatic N) is 2. The minimum atomic E-state index is 0.271. The lowest BCUT2D eigenvalue weighted by Gasteiger charge is -1.98. The first kappa shape index (κ1) is 10.7. The van der Waals surface area contributed by atoms with Crippen LogP contribution >= 0.6 is 0 Å². The van der Waals surface area contributed by atoms with E-state index in [1.165, 1.54) is 0 Å². The van der Waals surface area contributed by atoms with Crippen LogP contribution in [0.15, 0.2) is 28.7 Å². The average molecular weight is 217 g/mol. The molecule has 84 valence electrons. The molecular weight excluding hydrogens is 202 g/mol. The van der Waals surface area contributed by atoms with Gasteiger partial charge in [-0.1, -0.05) is 26.0 Å². The molecule has 2 N–H and O–H groups in total. The monoisotopic (exact) mass is 217 g/mol. The van der Waals surface area contributed by atoms with Crippen LogP contribution in [0.2, 0.25) is 0 Å². The summed E-state index contributed by atoms with van der Waals surface area (Å²) in [5.41, 5.74) is 7.49. The Balaban J connectivity index is 2.11. The summed E-state index contributed by atoms with van der Waals surface area (Å²) >= 11 is 0. The third-order valence-corrected chi connectivity index (χ3v) is 2.31. The molecule has 0 bridgehead atoms. The first-order valence-electron chi connectivity index (χ1n) is 5.32. The van der Waals surface area contributed by atoms with Gasteiger partial charge in [-0.15, -0.1) is 10.2 Å². The number of nitrogen functional groups attached to an aromatic ring is 1. The maximum absolute atomic E-state index is 5.61. The summed E-state index contributed by atoms with van der Waals surface area (Å²) in [6.07, 6.45) is 0.653. The van der Waals surface area contributed by atoms with E-state index in [1.54, 1.807) is 0 Å². The fourth-order valence-corrected chi connectivity index (χ4v) is 1.38. The van der Waals surface area contributed by atoms with E-state index in [9.17, 15) is 0 Å². The molecule has 0 aliphatic rings. The number of benzene rings is 1. The topological polar surface area (TPSA) is 64.9 Å². The summed E-state index contributed by atoms with van der Waals surface area (Å²) in [4.78, 5) is 0. The van der Waals surface area contributed by atoms with Crippen molar-refractivity contribution in [1.82, 2.24) is 10.2 Å². The van der Waals surface area contributed by atoms with Crippen LogP contribution in [0.4, 0.5) is 5.69 Å². The fraction of sp³-hybridized carbons (Fsp3) is 0.333. The van der Waals surface area contributed by atoms with Gasteiger partial charge in [0.25, 0.3) is 0 Å². The van der Waals surface area contributed by atoms with Gasteiger partial charge in [0, 0.05) is 11.6 Å². The molecule has 0 unspecified atom stereocenters. The van der Waals surface area contributed by atoms with E-state index in [0.29, 0.717) is 18.2 Å². The van der Waals surface area contributed by atoms with Crippen molar-refractivity contribution in [2.75, 3.05) is 5.73 Å². The summed E-state index contributed by atoms with van der Waals surface area (Å²) in [6.45, 7) is 4.06. The van der Waals surface area contributed by atoms with Crippen molar-refractivity contribution >= 4 is 5.69 Å². The van der Waals surface area contributed by atoms with Gasteiger partial charge in [0.15, 0.2) is 0 Å². The van der Waals surface area contributed by atoms with E-state index in [2.05, 4.69) is 10.2 Å². The molecule has 0 saturated heterocycles. The second kappa shape index (κ2) is 4.35. The number of hydrogen-bond acceptors (Lipinski definition) is 4. The van der Waals surface area contributed by atoms with Gasteiger partial charge in [-0.2, -0.15) is 0 Å². The second-order valence-corrected chi connectivity index (χ2v) is 4.11. The van der Waals surface area contributed by atoms with Gasteiger partial charge in [-0.25, -0.2) is 0 Å². The van der Waals surface area contributed by atoms with Crippen molar-refractivity contribution in [2.24, 2.45) is 0 Å². The number of aromatic nitrogens is 2. The van der Waals surface area contributed by atoms with Crippen LogP contribution in [0.3, 0.4) is 0 Å². The van der Waals surface area contributed by atoms with Crippen molar-refractivity contribution in [3.05, 3.63) is 41.6 Å². The van der Waals surface area contributed by atoms with E-state index in [4.69, 9.17) is 10.2 Å². The minimum Gasteiger partial charge on any atom is -0.425 e. The standard InChI is InChI=1S/C12H15N3O/c1-8(2)12-15-14-11(16-12)7-9-3-5-10(13)6-4-9/h3-6,8H,7,13H2,1-2H3. The molecule has 2 rings (SSSR count). The molecule has 0 atom stereocenters. The molecular formula is C12H15N3O. The van der Waals surface area contributed by atoms with Gasteiger partial charge >= 0.3 is 0 Å². The van der Waals surface area contributed by atoms with Gasteiger partial charge in [0.05, 0.1) is 6.42 Å². The molecule has 16 heavy (non-hydrogen) atoms. The molecule has 2 aromatic rings. The lowest BCUT2D eigenvalue weighted by molar-refractivity contribution is 0.439. The van der Waals surface area contributed by atoms with Crippen LogP contribution in [0.5, 0.6) is 0 Å². The van der Waals surface area contributed by atoms with Crippen LogP contribution < -0.4 is 5.73 Å². The van der Waals surface area contributed by atoms with Crippen molar-refractivity contribution in [2.45, 2.75) is 26.2 Å². The summed E-state index contributed by atoms with van der Waals surface area (Å²) in [7, 11) is 0. The van der Waals surface area contributed by atoms with E-state index in [1.807, 2.05) is 38.1 Å². The van der Waals surface area contributed by atoms with Crippen LogP contribution in [-0.2, 0) is 6.42 Å². The Hall–Kier alpha value is -1.84. The predicted molar refractivity (Wildman–Crippen MR) is 62.0 cm³/mol. The summed E-state index contributed by atoms with van der Waals surface area (Å²) < 4.78 is 5.53. The highest BCUT2D eigenvalue weighted by molar-refractivity contribution is 5.39. The van der Waals surface area contributed by atoms with Gasteiger partial charge < -0.3 is 10.2 Å². The molecule has 0 radical (unpaired) electrons. The zero-order valence-electron chi connectivity index (χ0n) is 9.47. The molecule has 1 heterocycles. The lowest BCUT2D eigenvalue weighted by atomic mass is 10.1. The van der Waals surface area contributed by atoms with Crippen molar-refractivity contribution in [3.8, 4) is 0 Å². The number of rotatable bonds is 3. The Morgan fingerprint density at radius 2 is 1.88 bits per heavy atom. The maximum atomic E-state index is 5.61. The zero-order valence-corrected chi connectivity index (χ0v) is 9.47. The number of nitrogens with two attached hydrogens (primary N) is 1. The summed E-state index contributed by atoms with van der Waals surface area (Å²) in [5.74, 6) is 1.60. The van der Waals surface area contributed by atoms with Crippen molar-refractivity contribution < 1.29 is 4.42 Å². The zero-order chi connectivity index (χ0) is 11.5. The highest BCUT2D eigenvalue weighted by Crippen LogP contribution is 2.15. The molecule has 1 aromatic carbocycles. The largest absolute Gasteiger partial charge is 0.425 e. The minimum absolute atomic E-state index is 0.271. The Morgan fingerprint density at radius 3 is 2.44 bits per heavy atom. The first-order chi connectivity index (χ1) is 7.65. The molecule has 0 aliphatic carbocycles. The van der Waals surface area contributed by atoms with Gasteiger partial charge in [0.2, 0.25) is 11.8 Å². The molecule has 0 amide bonds. The highest BCUT2D eigenvalue weighted by atomic mass is 16.4. The fourth-order valence-electron chi connectivity index (χ4n) is 1.38. The Labute approximate surface area is 94.5 Å². The van der Waals surface area contributed by atoms with E-state index < -0.39 is 0 Å². The quantitative estimate of drug-likeness (QED) is 0.801. The number of hydrogen-bond donors (Lipinski definition) is 1. The van der Waals surface area contributed by atoms with Gasteiger partial charge in [-0.05, 0) is 17.7 Å². The molecule has 0 aliphatic heterocycles. The number of anilines is 1. The molecule has 0 fully saturated rings. The molecule has 0 spiro atoms. The highest BCUT2D eigenvalue weighted by Gasteiger charge is 2.09. The summed E-state index contributed by atoms with van der Waals surface area (Å²) in [6, 6.07) is 7.67. The molecule has 4 heteroatoms. The van der Waals surface area contributed by atoms with Crippen LogP contribution in [0.1, 0.15) is 37.1 Å². The van der Waals surface area contributed by atoms with Crippen molar-refractivity contribution in [1.29, 1.82) is 0 Å². The molecule has 1 aromatic heterocycles. The first-order valence-corrected chi connectivity index (χ1v) is 5.32. The second-order valence-electron chi connectivity index (χ2n) is 4.11. The van der Waals surface area contributed by atoms with E-state index >= 15 is 0 Å². The van der Waals surface area contributed by atoms with Crippen LogP contribution in [0.25, 0.3) is 0 Å². The Kier molecular flexibility index (Phi) is 2.90. The van der Waals surface area contributed by atoms with Gasteiger partial charge in [-0.3, -0.25) is 0 Å². The Bertz CT molecular complexity index is 459. The van der Waals surface area contributed by atoms with Crippen molar-refractivity contribution in [3.63, 3.8) is 0 Å². The van der Waals surface area contributed by atoms with E-state index in [0.717, 1.165) is 11.3 Å². The predicted octanol–water partition coefficient (Wildman–Crippen LogP) is 2.37. The Morgan fingerprint density at radius 1 is 1.19 bits per heavy atom. The lowest BCUT2D eigenvalue weighted by Crippen LogP contribution is -1.90. The molecule has 4 nitrogen and oxygen atoms in total. The van der Waals surface area contributed by atoms with Crippen LogP contribution in [-0.4, -0.2) is 10.2 Å². The van der Waals surface area contributed by atoms with E-state index in [-0.39, 0.29) is 5.92 Å². The average Bonchev–Trinajstić information content (AvgIpc) is 2.70.